The molecule has 1 fully saturated rings. The van der Waals surface area contributed by atoms with Gasteiger partial charge in [-0.15, -0.1) is 5.10 Å². The quantitative estimate of drug-likeness (QED) is 0.296. The number of hydrogen-bond donors (Lipinski definition) is 0. The van der Waals surface area contributed by atoms with Gasteiger partial charge in [0, 0.05) is 43.2 Å². The molecule has 0 unspecified atom stereocenters. The minimum Gasteiger partial charge on any atom is -0.332 e. The Balaban J connectivity index is 1.28. The van der Waals surface area contributed by atoms with Gasteiger partial charge in [0.25, 0.3) is 5.89 Å². The second-order valence-electron chi connectivity index (χ2n) is 9.70. The molecule has 1 aliphatic heterocycles. The fourth-order valence-corrected chi connectivity index (χ4v) is 4.62. The Bertz CT molecular complexity index is 1540. The second kappa shape index (κ2) is 9.86. The predicted octanol–water partition coefficient (Wildman–Crippen LogP) is 5.51. The summed E-state index contributed by atoms with van der Waals surface area (Å²) >= 11 is 0. The van der Waals surface area contributed by atoms with Crippen molar-refractivity contribution in [2.45, 2.75) is 32.0 Å². The number of nitrogens with zero attached hydrogens (tertiary/aromatic N) is 7. The Labute approximate surface area is 217 Å². The van der Waals surface area contributed by atoms with Crippen molar-refractivity contribution in [3.05, 3.63) is 84.4 Å². The lowest BCUT2D eigenvalue weighted by Crippen LogP contribution is -2.39. The fourth-order valence-electron chi connectivity index (χ4n) is 4.62. The van der Waals surface area contributed by atoms with Gasteiger partial charge in [0.15, 0.2) is 5.69 Å². The van der Waals surface area contributed by atoms with Gasteiger partial charge in [0.05, 0.1) is 0 Å². The summed E-state index contributed by atoms with van der Waals surface area (Å²) in [5, 5.41) is 12.6. The largest absolute Gasteiger partial charge is 0.332 e. The van der Waals surface area contributed by atoms with Crippen LogP contribution in [0.4, 0.5) is 8.78 Å². The van der Waals surface area contributed by atoms with Crippen molar-refractivity contribution in [3.63, 3.8) is 0 Å². The van der Waals surface area contributed by atoms with Crippen LogP contribution in [-0.4, -0.2) is 53.8 Å². The summed E-state index contributed by atoms with van der Waals surface area (Å²) in [5.74, 6) is 0.133. The van der Waals surface area contributed by atoms with Gasteiger partial charge in [-0.05, 0) is 49.6 Å². The number of benzene rings is 2. The molecule has 0 amide bonds. The lowest BCUT2D eigenvalue weighted by molar-refractivity contribution is 0.0705. The van der Waals surface area contributed by atoms with Crippen LogP contribution in [0.3, 0.4) is 0 Å². The van der Waals surface area contributed by atoms with E-state index in [4.69, 9.17) is 4.52 Å². The Kier molecular flexibility index (Phi) is 6.24. The molecule has 38 heavy (non-hydrogen) atoms. The lowest BCUT2D eigenvalue weighted by atomic mass is 9.95. The highest BCUT2D eigenvalue weighted by molar-refractivity contribution is 5.76. The van der Waals surface area contributed by atoms with Crippen LogP contribution >= 0.6 is 0 Å². The molecule has 0 saturated carbocycles. The van der Waals surface area contributed by atoms with Crippen LogP contribution in [0.5, 0.6) is 0 Å². The zero-order valence-corrected chi connectivity index (χ0v) is 20.8. The number of rotatable bonds is 6. The van der Waals surface area contributed by atoms with Crippen molar-refractivity contribution in [2.24, 2.45) is 0 Å². The minimum atomic E-state index is -1.06. The Hall–Kier alpha value is -4.31. The van der Waals surface area contributed by atoms with E-state index in [9.17, 15) is 8.78 Å². The van der Waals surface area contributed by atoms with Gasteiger partial charge < -0.3 is 4.52 Å². The van der Waals surface area contributed by atoms with Gasteiger partial charge in [0.2, 0.25) is 5.82 Å². The molecule has 0 bridgehead atoms. The first kappa shape index (κ1) is 24.1. The molecule has 0 spiro atoms. The summed E-state index contributed by atoms with van der Waals surface area (Å²) in [4.78, 5) is 10.9. The molecule has 2 aromatic carbocycles. The van der Waals surface area contributed by atoms with Gasteiger partial charge in [-0.1, -0.05) is 46.8 Å². The average Bonchev–Trinajstić information content (AvgIpc) is 3.59. The van der Waals surface area contributed by atoms with Crippen molar-refractivity contribution in [1.82, 2.24) is 35.0 Å². The first-order chi connectivity index (χ1) is 18.5. The molecule has 8 nitrogen and oxygen atoms in total. The molecule has 0 atom stereocenters. The normalized spacial score (nSPS) is 15.6. The van der Waals surface area contributed by atoms with Crippen molar-refractivity contribution in [1.29, 1.82) is 0 Å². The van der Waals surface area contributed by atoms with Gasteiger partial charge in [0.1, 0.15) is 22.9 Å². The highest BCUT2D eigenvalue weighted by Crippen LogP contribution is 2.33. The molecule has 0 N–H and O–H groups in total. The molecule has 5 aromatic rings. The van der Waals surface area contributed by atoms with Gasteiger partial charge in [-0.25, -0.2) is 13.5 Å². The molecule has 0 aliphatic carbocycles. The van der Waals surface area contributed by atoms with Crippen molar-refractivity contribution in [3.8, 4) is 39.9 Å². The second-order valence-corrected chi connectivity index (χ2v) is 9.70. The van der Waals surface area contributed by atoms with Crippen LogP contribution < -0.4 is 0 Å². The number of pyridine rings is 1. The third-order valence-electron chi connectivity index (χ3n) is 6.85. The molecule has 192 valence electrons. The number of hydrogen-bond acceptors (Lipinski definition) is 7. The number of alkyl halides is 1. The molecule has 1 aliphatic rings. The highest BCUT2D eigenvalue weighted by atomic mass is 19.1. The standard InChI is InChI=1S/C28H25F2N7O/c1-28(30)12-16-36(17-13-28)18-19-6-8-21(9-7-19)26-32-27(38-34-26)24-25(20-10-14-31-15-11-20)37(35-33-24)23-5-3-2-4-22(23)29/h2-11,14-15H,12-13,16-18H2,1H3. The summed E-state index contributed by atoms with van der Waals surface area (Å²) < 4.78 is 35.8. The Morgan fingerprint density at radius 3 is 2.42 bits per heavy atom. The molecule has 10 heteroatoms. The van der Waals surface area contributed by atoms with Crippen LogP contribution in [-0.2, 0) is 6.54 Å². The summed E-state index contributed by atoms with van der Waals surface area (Å²) in [6, 6.07) is 17.8. The number of piperidine rings is 1. The topological polar surface area (TPSA) is 85.8 Å². The van der Waals surface area contributed by atoms with Crippen LogP contribution in [0, 0.1) is 5.82 Å². The molecule has 4 heterocycles. The molecule has 6 rings (SSSR count). The number of likely N-dealkylation sites (tertiary alicyclic amines) is 1. The lowest BCUT2D eigenvalue weighted by Gasteiger charge is -2.34. The van der Waals surface area contributed by atoms with E-state index in [2.05, 4.69) is 30.3 Å². The van der Waals surface area contributed by atoms with Gasteiger partial charge in [-0.3, -0.25) is 9.88 Å². The SMILES string of the molecule is CC1(F)CCN(Cc2ccc(-c3noc(-c4nnn(-c5ccccc5F)c4-c4ccncc4)n3)cc2)CC1. The molecule has 3 aromatic heterocycles. The maximum Gasteiger partial charge on any atom is 0.281 e. The Morgan fingerprint density at radius 2 is 1.68 bits per heavy atom. The van der Waals surface area contributed by atoms with Crippen LogP contribution in [0.2, 0.25) is 0 Å². The summed E-state index contributed by atoms with van der Waals surface area (Å²) in [5.41, 5.74) is 2.66. The van der Waals surface area contributed by atoms with Crippen molar-refractivity contribution >= 4 is 0 Å². The summed E-state index contributed by atoms with van der Waals surface area (Å²) in [6.07, 6.45) is 4.39. The van der Waals surface area contributed by atoms with E-state index in [0.717, 1.165) is 36.3 Å². The summed E-state index contributed by atoms with van der Waals surface area (Å²) in [6.45, 7) is 3.94. The summed E-state index contributed by atoms with van der Waals surface area (Å²) in [7, 11) is 0. The molecule has 0 radical (unpaired) electrons. The maximum absolute atomic E-state index is 14.7. The third-order valence-corrected chi connectivity index (χ3v) is 6.85. The fraction of sp³-hybridized carbons (Fsp3) is 0.250. The molecular weight excluding hydrogens is 488 g/mol. The van der Waals surface area contributed by atoms with Gasteiger partial charge >= 0.3 is 0 Å². The van der Waals surface area contributed by atoms with E-state index < -0.39 is 11.5 Å². The van der Waals surface area contributed by atoms with E-state index in [1.54, 1.807) is 49.6 Å². The minimum absolute atomic E-state index is 0.168. The third kappa shape index (κ3) is 4.82. The van der Waals surface area contributed by atoms with E-state index >= 15 is 0 Å². The van der Waals surface area contributed by atoms with Crippen LogP contribution in [0.15, 0.2) is 77.6 Å². The van der Waals surface area contributed by atoms with E-state index in [1.165, 1.54) is 10.7 Å². The average molecular weight is 514 g/mol. The molecule has 1 saturated heterocycles. The maximum atomic E-state index is 14.7. The van der Waals surface area contributed by atoms with E-state index in [0.29, 0.717) is 30.1 Å². The van der Waals surface area contributed by atoms with Crippen molar-refractivity contribution in [2.75, 3.05) is 13.1 Å². The number of aromatic nitrogens is 6. The zero-order chi connectivity index (χ0) is 26.1. The van der Waals surface area contributed by atoms with E-state index in [-0.39, 0.29) is 11.6 Å². The van der Waals surface area contributed by atoms with Crippen LogP contribution in [0.1, 0.15) is 25.3 Å². The molecular formula is C28H25F2N7O. The number of halogens is 2. The monoisotopic (exact) mass is 513 g/mol. The number of para-hydroxylation sites is 1. The predicted molar refractivity (Wildman–Crippen MR) is 137 cm³/mol. The van der Waals surface area contributed by atoms with Crippen molar-refractivity contribution < 1.29 is 13.3 Å². The van der Waals surface area contributed by atoms with Crippen LogP contribution in [0.25, 0.3) is 39.9 Å². The zero-order valence-electron chi connectivity index (χ0n) is 20.8. The first-order valence-electron chi connectivity index (χ1n) is 12.4. The van der Waals surface area contributed by atoms with E-state index in [1.807, 2.05) is 24.3 Å². The first-order valence-corrected chi connectivity index (χ1v) is 12.4. The highest BCUT2D eigenvalue weighted by Gasteiger charge is 2.29. The smallest absolute Gasteiger partial charge is 0.281 e. The Morgan fingerprint density at radius 1 is 0.947 bits per heavy atom. The van der Waals surface area contributed by atoms with Gasteiger partial charge in [-0.2, -0.15) is 4.98 Å².